The molecule has 136 valence electrons. The number of aromatic amines is 1. The van der Waals surface area contributed by atoms with Gasteiger partial charge in [-0.15, -0.1) is 12.4 Å². The molecule has 1 unspecified atom stereocenters. The average molecular weight is 375 g/mol. The fraction of sp³-hybridized carbons (Fsp3) is 0.263. The first-order valence-corrected chi connectivity index (χ1v) is 8.39. The molecule has 0 bridgehead atoms. The van der Waals surface area contributed by atoms with Crippen molar-refractivity contribution >= 4 is 29.3 Å². The second kappa shape index (κ2) is 7.85. The smallest absolute Gasteiger partial charge is 0.227 e. The van der Waals surface area contributed by atoms with Crippen molar-refractivity contribution in [2.45, 2.75) is 12.5 Å². The van der Waals surface area contributed by atoms with Gasteiger partial charge < -0.3 is 15.2 Å². The molecule has 1 amide bonds. The highest BCUT2D eigenvalue weighted by Crippen LogP contribution is 2.25. The Morgan fingerprint density at radius 2 is 2.19 bits per heavy atom. The number of aromatic nitrogens is 2. The predicted molar refractivity (Wildman–Crippen MR) is 101 cm³/mol. The number of hydrogen-bond acceptors (Lipinski definition) is 3. The van der Waals surface area contributed by atoms with Crippen molar-refractivity contribution in [1.82, 2.24) is 20.2 Å². The highest BCUT2D eigenvalue weighted by atomic mass is 35.5. The Labute approximate surface area is 157 Å². The van der Waals surface area contributed by atoms with Crippen LogP contribution in [0, 0.1) is 5.82 Å². The number of benzene rings is 1. The third-order valence-electron chi connectivity index (χ3n) is 4.68. The van der Waals surface area contributed by atoms with Crippen LogP contribution in [-0.2, 0) is 11.2 Å². The normalized spacial score (nSPS) is 17.1. The number of amides is 1. The van der Waals surface area contributed by atoms with Crippen LogP contribution in [-0.4, -0.2) is 40.4 Å². The molecule has 1 fully saturated rings. The van der Waals surface area contributed by atoms with Gasteiger partial charge in [-0.2, -0.15) is 0 Å². The topological polar surface area (TPSA) is 61.0 Å². The maximum absolute atomic E-state index is 13.6. The molecule has 2 N–H and O–H groups in total. The predicted octanol–water partition coefficient (Wildman–Crippen LogP) is 2.84. The van der Waals surface area contributed by atoms with Crippen LogP contribution < -0.4 is 5.32 Å². The zero-order chi connectivity index (χ0) is 17.2. The maximum atomic E-state index is 13.6. The number of halogens is 2. The highest BCUT2D eigenvalue weighted by Gasteiger charge is 2.28. The van der Waals surface area contributed by atoms with E-state index in [0.29, 0.717) is 19.5 Å². The molecule has 0 spiro atoms. The molecule has 1 saturated heterocycles. The fourth-order valence-corrected chi connectivity index (χ4v) is 3.44. The molecular weight excluding hydrogens is 355 g/mol. The lowest BCUT2D eigenvalue weighted by Crippen LogP contribution is -2.49. The SMILES string of the molecule is Cl.O=C(Cc1c[nH]c2ncccc12)N1CCNCC1c1cccc(F)c1. The van der Waals surface area contributed by atoms with Crippen molar-refractivity contribution in [3.63, 3.8) is 0 Å². The molecule has 1 aromatic carbocycles. The third kappa shape index (κ3) is 3.57. The summed E-state index contributed by atoms with van der Waals surface area (Å²) in [5.74, 6) is -0.237. The van der Waals surface area contributed by atoms with E-state index in [9.17, 15) is 9.18 Å². The molecule has 2 aromatic heterocycles. The van der Waals surface area contributed by atoms with Gasteiger partial charge in [-0.05, 0) is 35.4 Å². The van der Waals surface area contributed by atoms with Gasteiger partial charge in [0.05, 0.1) is 12.5 Å². The lowest BCUT2D eigenvalue weighted by molar-refractivity contribution is -0.133. The van der Waals surface area contributed by atoms with Crippen LogP contribution in [0.2, 0.25) is 0 Å². The molecule has 3 aromatic rings. The molecule has 26 heavy (non-hydrogen) atoms. The first-order chi connectivity index (χ1) is 12.2. The summed E-state index contributed by atoms with van der Waals surface area (Å²) >= 11 is 0. The summed E-state index contributed by atoms with van der Waals surface area (Å²) in [7, 11) is 0. The Hall–Kier alpha value is -2.44. The largest absolute Gasteiger partial charge is 0.346 e. The average Bonchev–Trinajstić information content (AvgIpc) is 3.05. The van der Waals surface area contributed by atoms with Crippen molar-refractivity contribution in [2.75, 3.05) is 19.6 Å². The summed E-state index contributed by atoms with van der Waals surface area (Å²) in [6.45, 7) is 1.98. The Morgan fingerprint density at radius 1 is 1.31 bits per heavy atom. The summed E-state index contributed by atoms with van der Waals surface area (Å²) in [5, 5.41) is 4.26. The summed E-state index contributed by atoms with van der Waals surface area (Å²) in [4.78, 5) is 22.2. The van der Waals surface area contributed by atoms with E-state index in [2.05, 4.69) is 15.3 Å². The van der Waals surface area contributed by atoms with E-state index < -0.39 is 0 Å². The summed E-state index contributed by atoms with van der Waals surface area (Å²) in [5.41, 5.74) is 2.54. The van der Waals surface area contributed by atoms with Crippen LogP contribution >= 0.6 is 12.4 Å². The molecule has 5 nitrogen and oxygen atoms in total. The van der Waals surface area contributed by atoms with Crippen LogP contribution in [0.5, 0.6) is 0 Å². The molecule has 7 heteroatoms. The summed E-state index contributed by atoms with van der Waals surface area (Å²) in [6.07, 6.45) is 3.87. The summed E-state index contributed by atoms with van der Waals surface area (Å²) < 4.78 is 13.6. The van der Waals surface area contributed by atoms with Crippen LogP contribution in [0.3, 0.4) is 0 Å². The number of nitrogens with zero attached hydrogens (tertiary/aromatic N) is 2. The molecule has 1 atom stereocenters. The second-order valence-electron chi connectivity index (χ2n) is 6.25. The van der Waals surface area contributed by atoms with E-state index in [1.807, 2.05) is 29.3 Å². The maximum Gasteiger partial charge on any atom is 0.227 e. The van der Waals surface area contributed by atoms with Gasteiger partial charge in [0, 0.05) is 37.4 Å². The van der Waals surface area contributed by atoms with Crippen molar-refractivity contribution in [3.8, 4) is 0 Å². The monoisotopic (exact) mass is 374 g/mol. The van der Waals surface area contributed by atoms with Crippen molar-refractivity contribution in [3.05, 3.63) is 65.7 Å². The molecule has 0 radical (unpaired) electrons. The zero-order valence-corrected chi connectivity index (χ0v) is 14.9. The van der Waals surface area contributed by atoms with Gasteiger partial charge >= 0.3 is 0 Å². The molecule has 4 rings (SSSR count). The number of carbonyl (C=O) groups excluding carboxylic acids is 1. The number of fused-ring (bicyclic) bond motifs is 1. The standard InChI is InChI=1S/C19H19FN4O.ClH/c20-15-4-1-3-13(9-15)17-12-21-7-8-24(17)18(25)10-14-11-23-19-16(14)5-2-6-22-19;/h1-6,9,11,17,21H,7-8,10,12H2,(H,22,23);1H. The van der Waals surface area contributed by atoms with Gasteiger partial charge in [0.2, 0.25) is 5.91 Å². The number of pyridine rings is 1. The van der Waals surface area contributed by atoms with Crippen molar-refractivity contribution in [2.24, 2.45) is 0 Å². The van der Waals surface area contributed by atoms with Gasteiger partial charge in [-0.1, -0.05) is 12.1 Å². The zero-order valence-electron chi connectivity index (χ0n) is 14.1. The Bertz CT molecular complexity index is 913. The van der Waals surface area contributed by atoms with Gasteiger partial charge in [0.25, 0.3) is 0 Å². The molecule has 0 aliphatic carbocycles. The quantitative estimate of drug-likeness (QED) is 0.741. The minimum atomic E-state index is -0.279. The van der Waals surface area contributed by atoms with Crippen LogP contribution in [0.25, 0.3) is 11.0 Å². The van der Waals surface area contributed by atoms with E-state index in [0.717, 1.165) is 28.7 Å². The van der Waals surface area contributed by atoms with Crippen molar-refractivity contribution in [1.29, 1.82) is 0 Å². The van der Waals surface area contributed by atoms with Gasteiger partial charge in [0.15, 0.2) is 0 Å². The van der Waals surface area contributed by atoms with E-state index in [1.54, 1.807) is 12.3 Å². The lowest BCUT2D eigenvalue weighted by Gasteiger charge is -2.36. The highest BCUT2D eigenvalue weighted by molar-refractivity contribution is 5.87. The summed E-state index contributed by atoms with van der Waals surface area (Å²) in [6, 6.07) is 10.2. The van der Waals surface area contributed by atoms with E-state index in [-0.39, 0.29) is 30.2 Å². The minimum Gasteiger partial charge on any atom is -0.346 e. The first-order valence-electron chi connectivity index (χ1n) is 8.39. The van der Waals surface area contributed by atoms with E-state index in [1.165, 1.54) is 12.1 Å². The molecule has 0 saturated carbocycles. The fourth-order valence-electron chi connectivity index (χ4n) is 3.44. The van der Waals surface area contributed by atoms with Gasteiger partial charge in [-0.3, -0.25) is 4.79 Å². The Kier molecular flexibility index (Phi) is 5.54. The van der Waals surface area contributed by atoms with Gasteiger partial charge in [-0.25, -0.2) is 9.37 Å². The molecule has 1 aliphatic rings. The number of hydrogen-bond donors (Lipinski definition) is 2. The number of rotatable bonds is 3. The second-order valence-corrected chi connectivity index (χ2v) is 6.25. The number of H-pyrrole nitrogens is 1. The molecule has 1 aliphatic heterocycles. The number of piperazine rings is 1. The van der Waals surface area contributed by atoms with E-state index >= 15 is 0 Å². The third-order valence-corrected chi connectivity index (χ3v) is 4.68. The van der Waals surface area contributed by atoms with Crippen LogP contribution in [0.4, 0.5) is 4.39 Å². The van der Waals surface area contributed by atoms with E-state index in [4.69, 9.17) is 0 Å². The molecular formula is C19H20ClFN4O. The van der Waals surface area contributed by atoms with Crippen molar-refractivity contribution < 1.29 is 9.18 Å². The Morgan fingerprint density at radius 3 is 3.04 bits per heavy atom. The minimum absolute atomic E-state index is 0. The van der Waals surface area contributed by atoms with Gasteiger partial charge in [0.1, 0.15) is 11.5 Å². The number of carbonyl (C=O) groups is 1. The lowest BCUT2D eigenvalue weighted by atomic mass is 10.0. The molecule has 3 heterocycles. The first kappa shape index (κ1) is 18.4. The van der Waals surface area contributed by atoms with Crippen LogP contribution in [0.15, 0.2) is 48.8 Å². The van der Waals surface area contributed by atoms with Crippen LogP contribution in [0.1, 0.15) is 17.2 Å². The number of nitrogens with one attached hydrogen (secondary N) is 2. The Balaban J connectivity index is 0.00000196.